The zero-order valence-electron chi connectivity index (χ0n) is 17.9. The molecule has 0 atom stereocenters. The third-order valence-electron chi connectivity index (χ3n) is 6.35. The van der Waals surface area contributed by atoms with Gasteiger partial charge in [0.15, 0.2) is 0 Å². The van der Waals surface area contributed by atoms with Crippen molar-refractivity contribution in [1.29, 1.82) is 0 Å². The van der Waals surface area contributed by atoms with Crippen molar-refractivity contribution < 1.29 is 23.5 Å². The van der Waals surface area contributed by atoms with Gasteiger partial charge in [0.25, 0.3) is 5.91 Å². The van der Waals surface area contributed by atoms with Crippen molar-refractivity contribution in [3.05, 3.63) is 64.5 Å². The lowest BCUT2D eigenvalue weighted by atomic mass is 9.96. The summed E-state index contributed by atoms with van der Waals surface area (Å²) in [5.41, 5.74) is 4.56. The van der Waals surface area contributed by atoms with E-state index in [9.17, 15) is 14.0 Å². The molecule has 0 aromatic heterocycles. The Labute approximate surface area is 186 Å². The highest BCUT2D eigenvalue weighted by atomic mass is 19.1. The molecule has 2 aromatic carbocycles. The Hall–Kier alpha value is -3.19. The predicted molar refractivity (Wildman–Crippen MR) is 118 cm³/mol. The minimum atomic E-state index is -0.390. The lowest BCUT2D eigenvalue weighted by Gasteiger charge is -2.30. The minimum Gasteiger partial charge on any atom is -0.487 e. The summed E-state index contributed by atoms with van der Waals surface area (Å²) in [6.07, 6.45) is 1.63. The number of nitrogens with zero attached hydrogens (tertiary/aromatic N) is 1. The molecule has 0 aliphatic carbocycles. The van der Waals surface area contributed by atoms with E-state index in [-0.39, 0.29) is 17.8 Å². The number of anilines is 1. The third kappa shape index (κ3) is 3.77. The fourth-order valence-corrected chi connectivity index (χ4v) is 4.73. The summed E-state index contributed by atoms with van der Waals surface area (Å²) in [4.78, 5) is 26.9. The molecule has 1 N–H and O–H groups in total. The van der Waals surface area contributed by atoms with Crippen LogP contribution in [0.3, 0.4) is 0 Å². The van der Waals surface area contributed by atoms with Crippen molar-refractivity contribution in [2.75, 3.05) is 25.0 Å². The summed E-state index contributed by atoms with van der Waals surface area (Å²) >= 11 is 0. The van der Waals surface area contributed by atoms with E-state index in [0.717, 1.165) is 49.2 Å². The van der Waals surface area contributed by atoms with E-state index >= 15 is 0 Å². The minimum absolute atomic E-state index is 0.000856. The van der Waals surface area contributed by atoms with Crippen LogP contribution < -0.4 is 5.32 Å². The molecule has 3 aliphatic heterocycles. The second kappa shape index (κ2) is 8.39. The molecule has 0 spiro atoms. The molecule has 5 rings (SSSR count). The Morgan fingerprint density at radius 1 is 1.19 bits per heavy atom. The summed E-state index contributed by atoms with van der Waals surface area (Å²) in [5.74, 6) is -0.247. The second-order valence-corrected chi connectivity index (χ2v) is 8.43. The number of benzene rings is 2. The first-order valence-corrected chi connectivity index (χ1v) is 11.0. The van der Waals surface area contributed by atoms with Crippen molar-refractivity contribution in [3.8, 4) is 0 Å². The van der Waals surface area contributed by atoms with E-state index in [1.165, 1.54) is 12.1 Å². The Kier molecular flexibility index (Phi) is 5.43. The van der Waals surface area contributed by atoms with Crippen LogP contribution in [0.25, 0.3) is 11.3 Å². The number of esters is 1. The maximum Gasteiger partial charge on any atom is 0.309 e. The van der Waals surface area contributed by atoms with E-state index in [2.05, 4.69) is 16.3 Å². The standard InChI is InChI=1S/C25H25FN2O4/c1-2-31-25(30)16-7-9-28(10-8-16)13-15-3-5-19-17(11-15)14-32-23(19)22-20-12-18(26)4-6-21(20)27-24(22)29/h3-6,11-12,16H,2,7-10,13-14H2,1H3,(H,27,29). The Bertz CT molecular complexity index is 1120. The average Bonchev–Trinajstić information content (AvgIpc) is 3.33. The monoisotopic (exact) mass is 436 g/mol. The fraction of sp³-hybridized carbons (Fsp3) is 0.360. The Morgan fingerprint density at radius 3 is 2.78 bits per heavy atom. The first-order chi connectivity index (χ1) is 15.5. The van der Waals surface area contributed by atoms with Gasteiger partial charge in [0.2, 0.25) is 0 Å². The SMILES string of the molecule is CCOC(=O)C1CCN(Cc2ccc3c(c2)COC3=C2C(=O)Nc3ccc(F)cc32)CC1. The molecule has 32 heavy (non-hydrogen) atoms. The van der Waals surface area contributed by atoms with Gasteiger partial charge in [-0.05, 0) is 56.6 Å². The van der Waals surface area contributed by atoms with Gasteiger partial charge in [-0.3, -0.25) is 14.5 Å². The zero-order valence-corrected chi connectivity index (χ0v) is 17.9. The number of hydrogen-bond acceptors (Lipinski definition) is 5. The van der Waals surface area contributed by atoms with E-state index < -0.39 is 5.82 Å². The van der Waals surface area contributed by atoms with Crippen molar-refractivity contribution in [2.45, 2.75) is 32.9 Å². The predicted octanol–water partition coefficient (Wildman–Crippen LogP) is 3.95. The maximum atomic E-state index is 13.8. The molecule has 1 fully saturated rings. The molecule has 2 aromatic rings. The van der Waals surface area contributed by atoms with Crippen molar-refractivity contribution in [1.82, 2.24) is 4.90 Å². The molecule has 3 aliphatic rings. The van der Waals surface area contributed by atoms with Crippen LogP contribution in [0.2, 0.25) is 0 Å². The number of nitrogens with one attached hydrogen (secondary N) is 1. The number of rotatable bonds is 4. The lowest BCUT2D eigenvalue weighted by molar-refractivity contribution is -0.149. The molecule has 1 amide bonds. The van der Waals surface area contributed by atoms with Gasteiger partial charge in [-0.1, -0.05) is 18.2 Å². The summed E-state index contributed by atoms with van der Waals surface area (Å²) in [5, 5.41) is 2.78. The van der Waals surface area contributed by atoms with Crippen LogP contribution in [-0.2, 0) is 32.2 Å². The Morgan fingerprint density at radius 2 is 2.00 bits per heavy atom. The number of carbonyl (C=O) groups is 2. The molecular weight excluding hydrogens is 411 g/mol. The number of amides is 1. The molecule has 7 heteroatoms. The van der Waals surface area contributed by atoms with Gasteiger partial charge in [0.05, 0.1) is 18.1 Å². The molecule has 0 saturated carbocycles. The van der Waals surface area contributed by atoms with Crippen molar-refractivity contribution in [3.63, 3.8) is 0 Å². The summed E-state index contributed by atoms with van der Waals surface area (Å²) in [7, 11) is 0. The van der Waals surface area contributed by atoms with Gasteiger partial charge >= 0.3 is 5.97 Å². The van der Waals surface area contributed by atoms with Gasteiger partial charge in [-0.15, -0.1) is 0 Å². The largest absolute Gasteiger partial charge is 0.487 e. The van der Waals surface area contributed by atoms with E-state index in [1.807, 2.05) is 19.1 Å². The van der Waals surface area contributed by atoms with Crippen LogP contribution in [-0.4, -0.2) is 36.5 Å². The first-order valence-electron chi connectivity index (χ1n) is 11.0. The summed E-state index contributed by atoms with van der Waals surface area (Å²) in [6.45, 7) is 5.15. The molecule has 166 valence electrons. The van der Waals surface area contributed by atoms with Crippen LogP contribution in [0, 0.1) is 11.7 Å². The van der Waals surface area contributed by atoms with Crippen LogP contribution >= 0.6 is 0 Å². The highest BCUT2D eigenvalue weighted by Crippen LogP contribution is 2.42. The van der Waals surface area contributed by atoms with E-state index in [0.29, 0.717) is 35.8 Å². The van der Waals surface area contributed by atoms with Crippen LogP contribution in [0.5, 0.6) is 0 Å². The van der Waals surface area contributed by atoms with E-state index in [1.54, 1.807) is 6.07 Å². The fourth-order valence-electron chi connectivity index (χ4n) is 4.73. The molecule has 1 saturated heterocycles. The number of fused-ring (bicyclic) bond motifs is 2. The topological polar surface area (TPSA) is 67.9 Å². The second-order valence-electron chi connectivity index (χ2n) is 8.43. The van der Waals surface area contributed by atoms with E-state index in [4.69, 9.17) is 9.47 Å². The number of carbonyl (C=O) groups excluding carboxylic acids is 2. The van der Waals surface area contributed by atoms with Gasteiger partial charge in [0.1, 0.15) is 18.2 Å². The van der Waals surface area contributed by atoms with Crippen molar-refractivity contribution >= 4 is 28.9 Å². The quantitative estimate of drug-likeness (QED) is 0.581. The number of ether oxygens (including phenoxy) is 2. The highest BCUT2D eigenvalue weighted by Gasteiger charge is 2.33. The highest BCUT2D eigenvalue weighted by molar-refractivity contribution is 6.36. The normalized spacial score (nSPS) is 20.5. The first kappa shape index (κ1) is 20.7. The summed E-state index contributed by atoms with van der Waals surface area (Å²) in [6, 6.07) is 10.4. The number of hydrogen-bond donors (Lipinski definition) is 1. The van der Waals surface area contributed by atoms with Crippen LogP contribution in [0.4, 0.5) is 10.1 Å². The Balaban J connectivity index is 1.32. The van der Waals surface area contributed by atoms with Gasteiger partial charge in [-0.25, -0.2) is 4.39 Å². The molecular formula is C25H25FN2O4. The number of halogens is 1. The zero-order chi connectivity index (χ0) is 22.2. The van der Waals surface area contributed by atoms with Gasteiger partial charge in [-0.2, -0.15) is 0 Å². The average molecular weight is 436 g/mol. The maximum absolute atomic E-state index is 13.8. The summed E-state index contributed by atoms with van der Waals surface area (Å²) < 4.78 is 24.9. The number of likely N-dealkylation sites (tertiary alicyclic amines) is 1. The van der Waals surface area contributed by atoms with Gasteiger partial charge < -0.3 is 14.8 Å². The number of piperidine rings is 1. The van der Waals surface area contributed by atoms with Crippen LogP contribution in [0.1, 0.15) is 42.0 Å². The molecule has 3 heterocycles. The third-order valence-corrected chi connectivity index (χ3v) is 6.35. The molecule has 0 radical (unpaired) electrons. The smallest absolute Gasteiger partial charge is 0.309 e. The lowest BCUT2D eigenvalue weighted by Crippen LogP contribution is -2.36. The van der Waals surface area contributed by atoms with Crippen LogP contribution in [0.15, 0.2) is 36.4 Å². The molecule has 0 bridgehead atoms. The molecule has 6 nitrogen and oxygen atoms in total. The molecule has 0 unspecified atom stereocenters. The van der Waals surface area contributed by atoms with Crippen molar-refractivity contribution in [2.24, 2.45) is 5.92 Å². The van der Waals surface area contributed by atoms with Gasteiger partial charge in [0, 0.05) is 28.9 Å².